The largest absolute Gasteiger partial charge is 0.456 e. The Hall–Kier alpha value is -1.82. The van der Waals surface area contributed by atoms with Crippen molar-refractivity contribution in [1.82, 2.24) is 10.6 Å². The Labute approximate surface area is 199 Å². The van der Waals surface area contributed by atoms with Crippen molar-refractivity contribution in [2.24, 2.45) is 0 Å². The molecule has 0 atom stereocenters. The molecule has 0 radical (unpaired) electrons. The minimum absolute atomic E-state index is 0.202. The topological polar surface area (TPSA) is 67.4 Å². The molecule has 2 amide bonds. The van der Waals surface area contributed by atoms with Crippen molar-refractivity contribution in [2.45, 2.75) is 111 Å². The molecule has 1 rings (SSSR count). The highest BCUT2D eigenvalue weighted by Gasteiger charge is 2.23. The van der Waals surface area contributed by atoms with Crippen molar-refractivity contribution >= 4 is 23.3 Å². The standard InChI is InChI=1S/C26H44N2O3S/c1-6-8-10-12-14-16-18-27-25(30)28-20-23-22(24(29)31-26(3,4)5)19-21(32-23)17-15-13-11-9-7-2/h10,12,19H,6-9,11,13-18,20H2,1-5H3,(H2,27,28,30)/b12-10+. The maximum Gasteiger partial charge on any atom is 0.339 e. The van der Waals surface area contributed by atoms with E-state index in [1.807, 2.05) is 26.8 Å². The molecule has 0 aliphatic carbocycles. The van der Waals surface area contributed by atoms with Gasteiger partial charge in [-0.05, 0) is 58.9 Å². The SMILES string of the molecule is CCC/C=C/CCCNC(=O)NCc1sc(CCCCCCC)cc1C(=O)OC(C)(C)C. The molecule has 0 saturated heterocycles. The van der Waals surface area contributed by atoms with E-state index in [1.165, 1.54) is 30.6 Å². The number of urea groups is 1. The summed E-state index contributed by atoms with van der Waals surface area (Å²) in [7, 11) is 0. The average molecular weight is 465 g/mol. The van der Waals surface area contributed by atoms with Crippen molar-refractivity contribution in [3.05, 3.63) is 33.5 Å². The fraction of sp³-hybridized carbons (Fsp3) is 0.692. The van der Waals surface area contributed by atoms with Gasteiger partial charge in [-0.3, -0.25) is 0 Å². The zero-order valence-corrected chi connectivity index (χ0v) is 21.7. The maximum atomic E-state index is 12.7. The number of esters is 1. The number of hydrogen-bond donors (Lipinski definition) is 2. The van der Waals surface area contributed by atoms with E-state index in [1.54, 1.807) is 11.3 Å². The van der Waals surface area contributed by atoms with Gasteiger partial charge in [0.05, 0.1) is 12.1 Å². The van der Waals surface area contributed by atoms with Crippen LogP contribution in [-0.4, -0.2) is 24.1 Å². The van der Waals surface area contributed by atoms with Gasteiger partial charge in [0.2, 0.25) is 0 Å². The van der Waals surface area contributed by atoms with Crippen LogP contribution in [0, 0.1) is 0 Å². The van der Waals surface area contributed by atoms with Crippen LogP contribution in [0.2, 0.25) is 0 Å². The monoisotopic (exact) mass is 464 g/mol. The molecule has 0 fully saturated rings. The predicted octanol–water partition coefficient (Wildman–Crippen LogP) is 7.15. The average Bonchev–Trinajstić information content (AvgIpc) is 3.13. The van der Waals surface area contributed by atoms with Crippen LogP contribution < -0.4 is 10.6 Å². The lowest BCUT2D eigenvalue weighted by Crippen LogP contribution is -2.35. The van der Waals surface area contributed by atoms with Crippen molar-refractivity contribution in [2.75, 3.05) is 6.54 Å². The highest BCUT2D eigenvalue weighted by atomic mass is 32.1. The molecule has 0 aliphatic rings. The van der Waals surface area contributed by atoms with Gasteiger partial charge in [0.15, 0.2) is 0 Å². The molecular formula is C26H44N2O3S. The smallest absolute Gasteiger partial charge is 0.339 e. The van der Waals surface area contributed by atoms with E-state index in [9.17, 15) is 9.59 Å². The van der Waals surface area contributed by atoms with Crippen LogP contribution in [0.3, 0.4) is 0 Å². The lowest BCUT2D eigenvalue weighted by molar-refractivity contribution is 0.00688. The first kappa shape index (κ1) is 28.2. The van der Waals surface area contributed by atoms with Gasteiger partial charge in [-0.15, -0.1) is 11.3 Å². The van der Waals surface area contributed by atoms with Gasteiger partial charge in [0.25, 0.3) is 0 Å². The summed E-state index contributed by atoms with van der Waals surface area (Å²) in [5.41, 5.74) is 0.0299. The van der Waals surface area contributed by atoms with E-state index in [0.717, 1.165) is 43.4 Å². The predicted molar refractivity (Wildman–Crippen MR) is 135 cm³/mol. The number of carbonyl (C=O) groups is 2. The summed E-state index contributed by atoms with van der Waals surface area (Å²) in [6, 6.07) is 1.75. The zero-order chi connectivity index (χ0) is 23.8. The fourth-order valence-electron chi connectivity index (χ4n) is 3.19. The normalized spacial score (nSPS) is 11.7. The van der Waals surface area contributed by atoms with Crippen molar-refractivity contribution in [3.63, 3.8) is 0 Å². The fourth-order valence-corrected chi connectivity index (χ4v) is 4.33. The Morgan fingerprint density at radius 1 is 0.969 bits per heavy atom. The Kier molecular flexibility index (Phi) is 14.0. The second-order valence-electron chi connectivity index (χ2n) is 9.23. The molecule has 0 aliphatic heterocycles. The molecule has 0 unspecified atom stereocenters. The van der Waals surface area contributed by atoms with Crippen LogP contribution in [0.4, 0.5) is 4.79 Å². The van der Waals surface area contributed by atoms with E-state index >= 15 is 0 Å². The number of unbranched alkanes of at least 4 members (excludes halogenated alkanes) is 6. The van der Waals surface area contributed by atoms with Crippen LogP contribution in [0.5, 0.6) is 0 Å². The van der Waals surface area contributed by atoms with E-state index in [4.69, 9.17) is 4.74 Å². The first-order chi connectivity index (χ1) is 15.3. The molecule has 1 aromatic rings. The van der Waals surface area contributed by atoms with Crippen LogP contribution in [0.1, 0.15) is 113 Å². The van der Waals surface area contributed by atoms with E-state index < -0.39 is 5.60 Å². The van der Waals surface area contributed by atoms with Gasteiger partial charge in [0.1, 0.15) is 5.60 Å². The Balaban J connectivity index is 2.60. The van der Waals surface area contributed by atoms with Crippen LogP contribution in [0.15, 0.2) is 18.2 Å². The molecule has 0 spiro atoms. The van der Waals surface area contributed by atoms with Crippen molar-refractivity contribution < 1.29 is 14.3 Å². The number of aryl methyl sites for hydroxylation is 1. The minimum Gasteiger partial charge on any atom is -0.456 e. The van der Waals surface area contributed by atoms with E-state index in [0.29, 0.717) is 18.7 Å². The third-order valence-corrected chi connectivity index (χ3v) is 6.07. The van der Waals surface area contributed by atoms with Crippen LogP contribution >= 0.6 is 11.3 Å². The van der Waals surface area contributed by atoms with Gasteiger partial charge in [-0.1, -0.05) is 58.1 Å². The Morgan fingerprint density at radius 2 is 1.69 bits per heavy atom. The molecule has 1 heterocycles. The summed E-state index contributed by atoms with van der Waals surface area (Å²) in [6.07, 6.45) is 15.6. The molecule has 0 aromatic carbocycles. The molecule has 2 N–H and O–H groups in total. The molecule has 0 saturated carbocycles. The second kappa shape index (κ2) is 15.9. The summed E-state index contributed by atoms with van der Waals surface area (Å²) in [4.78, 5) is 27.0. The van der Waals surface area contributed by atoms with Gasteiger partial charge in [-0.25, -0.2) is 9.59 Å². The number of thiophene rings is 1. The summed E-state index contributed by atoms with van der Waals surface area (Å²) < 4.78 is 5.59. The number of allylic oxidation sites excluding steroid dienone is 2. The third-order valence-electron chi connectivity index (χ3n) is 4.87. The summed E-state index contributed by atoms with van der Waals surface area (Å²) in [5.74, 6) is -0.318. The minimum atomic E-state index is -0.549. The lowest BCUT2D eigenvalue weighted by Gasteiger charge is -2.19. The zero-order valence-electron chi connectivity index (χ0n) is 20.9. The summed E-state index contributed by atoms with van der Waals surface area (Å²) >= 11 is 1.61. The highest BCUT2D eigenvalue weighted by Crippen LogP contribution is 2.26. The highest BCUT2D eigenvalue weighted by molar-refractivity contribution is 7.12. The Morgan fingerprint density at radius 3 is 2.38 bits per heavy atom. The van der Waals surface area contributed by atoms with Crippen LogP contribution in [-0.2, 0) is 17.7 Å². The second-order valence-corrected chi connectivity index (χ2v) is 10.4. The molecule has 6 heteroatoms. The first-order valence-electron chi connectivity index (χ1n) is 12.3. The molecule has 5 nitrogen and oxygen atoms in total. The Bertz CT molecular complexity index is 704. The van der Waals surface area contributed by atoms with Gasteiger partial charge < -0.3 is 15.4 Å². The quantitative estimate of drug-likeness (QED) is 0.164. The van der Waals surface area contributed by atoms with Crippen molar-refractivity contribution in [1.29, 1.82) is 0 Å². The number of rotatable bonds is 15. The first-order valence-corrected chi connectivity index (χ1v) is 13.1. The number of nitrogens with one attached hydrogen (secondary N) is 2. The van der Waals surface area contributed by atoms with Crippen LogP contribution in [0.25, 0.3) is 0 Å². The molecule has 1 aromatic heterocycles. The number of amides is 2. The lowest BCUT2D eigenvalue weighted by atomic mass is 10.1. The third kappa shape index (κ3) is 12.9. The summed E-state index contributed by atoms with van der Waals surface area (Å²) in [5, 5.41) is 5.80. The maximum absolute atomic E-state index is 12.7. The number of ether oxygens (including phenoxy) is 1. The molecule has 182 valence electrons. The molecule has 32 heavy (non-hydrogen) atoms. The van der Waals surface area contributed by atoms with E-state index in [-0.39, 0.29) is 12.0 Å². The molecule has 0 bridgehead atoms. The van der Waals surface area contributed by atoms with Gasteiger partial charge >= 0.3 is 12.0 Å². The summed E-state index contributed by atoms with van der Waals surface area (Å²) in [6.45, 7) is 10.9. The molecular weight excluding hydrogens is 420 g/mol. The van der Waals surface area contributed by atoms with Crippen molar-refractivity contribution in [3.8, 4) is 0 Å². The number of hydrogen-bond acceptors (Lipinski definition) is 4. The van der Waals surface area contributed by atoms with Gasteiger partial charge in [0, 0.05) is 16.3 Å². The van der Waals surface area contributed by atoms with Gasteiger partial charge in [-0.2, -0.15) is 0 Å². The van der Waals surface area contributed by atoms with E-state index in [2.05, 4.69) is 36.6 Å². The number of carbonyl (C=O) groups excluding carboxylic acids is 2.